The van der Waals surface area contributed by atoms with Gasteiger partial charge in [0.1, 0.15) is 30.0 Å². The molecule has 11 nitrogen and oxygen atoms in total. The zero-order valence-corrected chi connectivity index (χ0v) is 24.5. The third-order valence-electron chi connectivity index (χ3n) is 5.82. The van der Waals surface area contributed by atoms with Gasteiger partial charge in [-0.3, -0.25) is 9.59 Å². The summed E-state index contributed by atoms with van der Waals surface area (Å²) in [6.07, 6.45) is -1.58. The van der Waals surface area contributed by atoms with Crippen LogP contribution in [-0.2, 0) is 35.0 Å². The molecule has 0 aliphatic heterocycles. The largest absolute Gasteiger partial charge is 0.514 e. The Morgan fingerprint density at radius 1 is 0.821 bits per heavy atom. The van der Waals surface area contributed by atoms with Gasteiger partial charge in [-0.1, -0.05) is 33.8 Å². The van der Waals surface area contributed by atoms with E-state index in [9.17, 15) is 19.2 Å². The molecule has 0 aliphatic carbocycles. The molecule has 0 heterocycles. The molecule has 0 unspecified atom stereocenters. The summed E-state index contributed by atoms with van der Waals surface area (Å²) >= 11 is 0. The summed E-state index contributed by atoms with van der Waals surface area (Å²) in [7, 11) is 0. The van der Waals surface area contributed by atoms with E-state index in [4.69, 9.17) is 34.2 Å². The summed E-state index contributed by atoms with van der Waals surface area (Å²) in [4.78, 5) is 48.9. The molecule has 1 rings (SSSR count). The summed E-state index contributed by atoms with van der Waals surface area (Å²) in [5, 5.41) is 0. The quantitative estimate of drug-likeness (QED) is 0.197. The fraction of sp³-hybridized carbons (Fsp3) is 0.643. The average Bonchev–Trinajstić information content (AvgIpc) is 2.83. The lowest BCUT2D eigenvalue weighted by Crippen LogP contribution is -2.37. The molecule has 0 radical (unpaired) electrons. The minimum absolute atomic E-state index is 0.0107. The van der Waals surface area contributed by atoms with Crippen LogP contribution in [0.25, 0.3) is 0 Å². The van der Waals surface area contributed by atoms with Crippen molar-refractivity contribution in [1.29, 1.82) is 0 Å². The zero-order chi connectivity index (χ0) is 30.0. The van der Waals surface area contributed by atoms with Gasteiger partial charge in [0.25, 0.3) is 0 Å². The van der Waals surface area contributed by atoms with Gasteiger partial charge in [0, 0.05) is 0 Å². The highest BCUT2D eigenvalue weighted by Crippen LogP contribution is 2.31. The second-order valence-electron chi connectivity index (χ2n) is 10.8. The molecule has 0 spiro atoms. The molecule has 11 heteroatoms. The molecule has 39 heavy (non-hydrogen) atoms. The molecule has 0 saturated heterocycles. The highest BCUT2D eigenvalue weighted by atomic mass is 16.8. The van der Waals surface area contributed by atoms with Crippen molar-refractivity contribution in [2.24, 2.45) is 11.7 Å². The van der Waals surface area contributed by atoms with Gasteiger partial charge in [0.05, 0.1) is 5.92 Å². The Balaban J connectivity index is 3.02. The molecule has 220 valence electrons. The zero-order valence-electron chi connectivity index (χ0n) is 24.5. The van der Waals surface area contributed by atoms with Crippen molar-refractivity contribution in [2.45, 2.75) is 105 Å². The van der Waals surface area contributed by atoms with E-state index in [1.807, 2.05) is 13.8 Å². The van der Waals surface area contributed by atoms with Crippen LogP contribution in [0.2, 0.25) is 0 Å². The lowest BCUT2D eigenvalue weighted by Gasteiger charge is -2.24. The van der Waals surface area contributed by atoms with E-state index < -0.39 is 47.6 Å². The molecule has 0 bridgehead atoms. The highest BCUT2D eigenvalue weighted by Gasteiger charge is 2.27. The van der Waals surface area contributed by atoms with Crippen molar-refractivity contribution >= 4 is 24.2 Å². The minimum Gasteiger partial charge on any atom is -0.462 e. The Kier molecular flexibility index (Phi) is 12.7. The smallest absolute Gasteiger partial charge is 0.462 e. The van der Waals surface area contributed by atoms with E-state index in [1.165, 1.54) is 12.1 Å². The summed E-state index contributed by atoms with van der Waals surface area (Å²) in [6.45, 7) is 15.5. The molecular weight excluding hydrogens is 510 g/mol. The second-order valence-corrected chi connectivity index (χ2v) is 10.8. The molecule has 2 atom stereocenters. The Bertz CT molecular complexity index is 1000. The van der Waals surface area contributed by atoms with Crippen LogP contribution in [-0.4, -0.2) is 54.2 Å². The number of hydrogen-bond acceptors (Lipinski definition) is 11. The van der Waals surface area contributed by atoms with Crippen LogP contribution in [0.5, 0.6) is 11.5 Å². The van der Waals surface area contributed by atoms with Gasteiger partial charge in [0.2, 0.25) is 0 Å². The third kappa shape index (κ3) is 12.4. The third-order valence-corrected chi connectivity index (χ3v) is 5.82. The Morgan fingerprint density at radius 3 is 1.82 bits per heavy atom. The summed E-state index contributed by atoms with van der Waals surface area (Å²) in [6, 6.07) is 3.29. The monoisotopic (exact) mass is 553 g/mol. The van der Waals surface area contributed by atoms with Gasteiger partial charge in [-0.25, -0.2) is 9.59 Å². The number of rotatable bonds is 13. The summed E-state index contributed by atoms with van der Waals surface area (Å²) in [5.74, 6) is -1.62. The van der Waals surface area contributed by atoms with Crippen molar-refractivity contribution in [1.82, 2.24) is 0 Å². The van der Waals surface area contributed by atoms with Gasteiger partial charge in [0.15, 0.2) is 11.5 Å². The molecule has 1 aromatic rings. The van der Waals surface area contributed by atoms with Crippen LogP contribution in [0.4, 0.5) is 9.59 Å². The first-order valence-electron chi connectivity index (χ1n) is 13.1. The topological polar surface area (TPSA) is 150 Å². The fourth-order valence-corrected chi connectivity index (χ4v) is 2.68. The first-order valence-corrected chi connectivity index (χ1v) is 13.1. The van der Waals surface area contributed by atoms with Crippen LogP contribution >= 0.6 is 0 Å². The summed E-state index contributed by atoms with van der Waals surface area (Å²) in [5.41, 5.74) is 4.98. The number of nitrogens with two attached hydrogens (primary N) is 1. The van der Waals surface area contributed by atoms with E-state index in [0.717, 1.165) is 0 Å². The van der Waals surface area contributed by atoms with E-state index in [0.29, 0.717) is 18.4 Å². The molecule has 0 aliphatic rings. The summed E-state index contributed by atoms with van der Waals surface area (Å²) < 4.78 is 31.7. The lowest BCUT2D eigenvalue weighted by atomic mass is 10.1. The number of hydrogen-bond donors (Lipinski definition) is 1. The fourth-order valence-electron chi connectivity index (χ4n) is 2.68. The maximum Gasteiger partial charge on any atom is 0.514 e. The number of ether oxygens (including phenoxy) is 6. The van der Waals surface area contributed by atoms with Crippen LogP contribution in [0.3, 0.4) is 0 Å². The number of benzene rings is 1. The van der Waals surface area contributed by atoms with Crippen molar-refractivity contribution in [2.75, 3.05) is 6.61 Å². The SMILES string of the molecule is CCC(C)(C)OC(=O)Oc1ccc(C[C@H](N)C(=O)O[C@@H](C)COC(=O)C(C)C)cc1OC(=O)OC(C)(C)CC. The molecule has 0 amide bonds. The van der Waals surface area contributed by atoms with Crippen LogP contribution in [0.15, 0.2) is 18.2 Å². The Morgan fingerprint density at radius 2 is 1.33 bits per heavy atom. The number of carbonyl (C=O) groups excluding carboxylic acids is 4. The van der Waals surface area contributed by atoms with Crippen LogP contribution in [0.1, 0.15) is 80.7 Å². The first-order chi connectivity index (χ1) is 18.0. The van der Waals surface area contributed by atoms with E-state index in [2.05, 4.69) is 0 Å². The van der Waals surface area contributed by atoms with Gasteiger partial charge in [-0.05, 0) is 71.6 Å². The average molecular weight is 554 g/mol. The first kappa shape index (κ1) is 33.7. The highest BCUT2D eigenvalue weighted by molar-refractivity contribution is 5.76. The van der Waals surface area contributed by atoms with Crippen molar-refractivity contribution in [3.05, 3.63) is 23.8 Å². The lowest BCUT2D eigenvalue weighted by molar-refractivity contribution is -0.160. The molecule has 0 aromatic heterocycles. The molecule has 0 fully saturated rings. The normalized spacial score (nSPS) is 13.2. The van der Waals surface area contributed by atoms with Gasteiger partial charge >= 0.3 is 24.2 Å². The van der Waals surface area contributed by atoms with E-state index in [-0.39, 0.29) is 30.4 Å². The van der Waals surface area contributed by atoms with Gasteiger partial charge in [-0.15, -0.1) is 0 Å². The van der Waals surface area contributed by atoms with Crippen molar-refractivity contribution in [3.8, 4) is 11.5 Å². The predicted octanol–water partition coefficient (Wildman–Crippen LogP) is 5.10. The molecular formula is C28H43NO10. The number of esters is 2. The Labute approximate surface area is 230 Å². The standard InChI is InChI=1S/C28H43NO10/c1-10-27(6,7)38-25(32)36-21-13-12-19(15-22(21)37-26(33)39-28(8,9)11-2)14-20(29)24(31)35-18(5)16-34-23(30)17(3)4/h12-13,15,17-18,20H,10-11,14,16,29H2,1-9H3/t18-,20-/m0/s1. The Hall–Kier alpha value is -3.34. The van der Waals surface area contributed by atoms with Crippen molar-refractivity contribution < 1.29 is 47.6 Å². The second kappa shape index (κ2) is 14.7. The molecule has 2 N–H and O–H groups in total. The maximum absolute atomic E-state index is 12.5. The van der Waals surface area contributed by atoms with Gasteiger partial charge in [-0.2, -0.15) is 0 Å². The molecule has 0 saturated carbocycles. The number of carbonyl (C=O) groups is 4. The maximum atomic E-state index is 12.5. The van der Waals surface area contributed by atoms with Crippen LogP contribution in [0, 0.1) is 5.92 Å². The van der Waals surface area contributed by atoms with Gasteiger partial charge < -0.3 is 34.2 Å². The minimum atomic E-state index is -1.07. The van der Waals surface area contributed by atoms with E-state index >= 15 is 0 Å². The van der Waals surface area contributed by atoms with Crippen molar-refractivity contribution in [3.63, 3.8) is 0 Å². The van der Waals surface area contributed by atoms with E-state index in [1.54, 1.807) is 54.5 Å². The van der Waals surface area contributed by atoms with Crippen LogP contribution < -0.4 is 15.2 Å². The predicted molar refractivity (Wildman–Crippen MR) is 142 cm³/mol. The molecule has 1 aromatic carbocycles.